The fraction of sp³-hybridized carbons (Fsp3) is 0.923. The maximum absolute atomic E-state index is 5.82. The van der Waals surface area contributed by atoms with E-state index >= 15 is 0 Å². The van der Waals surface area contributed by atoms with E-state index in [1.165, 1.54) is 96.3 Å². The summed E-state index contributed by atoms with van der Waals surface area (Å²) in [6.07, 6.45) is 25.6. The van der Waals surface area contributed by atoms with Gasteiger partial charge in [0.25, 0.3) is 0 Å². The first kappa shape index (κ1) is 27.7. The molecule has 0 rings (SSSR count). The number of allylic oxidation sites excluding steroid dienone is 2. The van der Waals surface area contributed by atoms with Crippen molar-refractivity contribution in [2.45, 2.75) is 130 Å². The molecule has 0 radical (unpaired) electrons. The second kappa shape index (κ2) is 22.9. The van der Waals surface area contributed by atoms with E-state index in [1.54, 1.807) is 0 Å². The molecule has 0 spiro atoms. The average molecular weight is 396 g/mol. The van der Waals surface area contributed by atoms with Crippen LogP contribution in [0.4, 0.5) is 0 Å². The summed E-state index contributed by atoms with van der Waals surface area (Å²) < 4.78 is 5.82. The largest absolute Gasteiger partial charge is 0.377 e. The third kappa shape index (κ3) is 23.7. The summed E-state index contributed by atoms with van der Waals surface area (Å²) in [5.41, 5.74) is 0. The number of hydrogen-bond donors (Lipinski definition) is 1. The Hall–Kier alpha value is -0.340. The van der Waals surface area contributed by atoms with Crippen LogP contribution in [0.15, 0.2) is 12.2 Å². The van der Waals surface area contributed by atoms with Crippen LogP contribution in [0, 0.1) is 5.92 Å². The Morgan fingerprint density at radius 3 is 1.82 bits per heavy atom. The smallest absolute Gasteiger partial charge is 0.0671 e. The van der Waals surface area contributed by atoms with E-state index in [-0.39, 0.29) is 0 Å². The minimum Gasteiger partial charge on any atom is -0.377 e. The molecule has 28 heavy (non-hydrogen) atoms. The van der Waals surface area contributed by atoms with Crippen molar-refractivity contribution in [2.75, 3.05) is 19.7 Å². The molecule has 0 aromatic carbocycles. The lowest BCUT2D eigenvalue weighted by molar-refractivity contribution is 0.0588. The molecule has 0 aliphatic heterocycles. The average Bonchev–Trinajstić information content (AvgIpc) is 2.66. The van der Waals surface area contributed by atoms with Gasteiger partial charge in [-0.05, 0) is 57.9 Å². The van der Waals surface area contributed by atoms with E-state index in [1.807, 2.05) is 0 Å². The number of ether oxygens (including phenoxy) is 1. The van der Waals surface area contributed by atoms with Gasteiger partial charge in [-0.3, -0.25) is 0 Å². The van der Waals surface area contributed by atoms with Crippen molar-refractivity contribution >= 4 is 0 Å². The summed E-state index contributed by atoms with van der Waals surface area (Å²) in [5.74, 6) is 0.737. The third-order valence-corrected chi connectivity index (χ3v) is 5.39. The molecule has 0 bridgehead atoms. The highest BCUT2D eigenvalue weighted by Crippen LogP contribution is 2.09. The van der Waals surface area contributed by atoms with Gasteiger partial charge in [0.1, 0.15) is 0 Å². The van der Waals surface area contributed by atoms with Crippen LogP contribution in [0.1, 0.15) is 124 Å². The predicted octanol–water partition coefficient (Wildman–Crippen LogP) is 8.06. The fourth-order valence-electron chi connectivity index (χ4n) is 3.37. The Morgan fingerprint density at radius 1 is 0.714 bits per heavy atom. The van der Waals surface area contributed by atoms with Crippen LogP contribution in [0.25, 0.3) is 0 Å². The Kier molecular flexibility index (Phi) is 22.7. The van der Waals surface area contributed by atoms with Crippen molar-refractivity contribution < 1.29 is 4.74 Å². The Labute approximate surface area is 178 Å². The summed E-state index contributed by atoms with van der Waals surface area (Å²) in [6.45, 7) is 12.0. The molecule has 168 valence electrons. The summed E-state index contributed by atoms with van der Waals surface area (Å²) in [6, 6.07) is 0. The van der Waals surface area contributed by atoms with E-state index in [2.05, 4.69) is 45.2 Å². The summed E-state index contributed by atoms with van der Waals surface area (Å²) in [7, 11) is 0. The molecule has 1 atom stereocenters. The van der Waals surface area contributed by atoms with Gasteiger partial charge in [0, 0.05) is 13.2 Å². The van der Waals surface area contributed by atoms with Crippen LogP contribution >= 0.6 is 0 Å². The highest BCUT2D eigenvalue weighted by atomic mass is 16.5. The van der Waals surface area contributed by atoms with Gasteiger partial charge in [-0.15, -0.1) is 0 Å². The molecule has 0 saturated heterocycles. The maximum Gasteiger partial charge on any atom is 0.0671 e. The van der Waals surface area contributed by atoms with Crippen LogP contribution in [0.5, 0.6) is 0 Å². The fourth-order valence-corrected chi connectivity index (χ4v) is 3.37. The van der Waals surface area contributed by atoms with Crippen LogP contribution in [-0.4, -0.2) is 25.8 Å². The van der Waals surface area contributed by atoms with Crippen LogP contribution in [0.3, 0.4) is 0 Å². The van der Waals surface area contributed by atoms with E-state index in [4.69, 9.17) is 4.74 Å². The molecular formula is C26H53NO. The van der Waals surface area contributed by atoms with Crippen molar-refractivity contribution in [2.24, 2.45) is 5.92 Å². The highest BCUT2D eigenvalue weighted by molar-refractivity contribution is 4.81. The third-order valence-electron chi connectivity index (χ3n) is 5.39. The number of hydrogen-bond acceptors (Lipinski definition) is 2. The van der Waals surface area contributed by atoms with E-state index in [0.717, 1.165) is 25.6 Å². The second-order valence-corrected chi connectivity index (χ2v) is 9.01. The minimum absolute atomic E-state index is 0.341. The highest BCUT2D eigenvalue weighted by Gasteiger charge is 2.02. The minimum atomic E-state index is 0.341. The molecule has 0 aliphatic rings. The summed E-state index contributed by atoms with van der Waals surface area (Å²) in [5, 5.41) is 3.54. The Morgan fingerprint density at radius 2 is 1.25 bits per heavy atom. The molecule has 0 amide bonds. The van der Waals surface area contributed by atoms with Crippen molar-refractivity contribution in [3.05, 3.63) is 12.2 Å². The molecule has 0 saturated carbocycles. The Bertz CT molecular complexity index is 314. The standard InChI is InChI=1S/C26H53NO/c1-5-6-7-8-9-10-11-12-13-14-15-16-17-18-19-20-22-27-24-26(4)28-23-21-25(2)3/h12-13,25-27H,5-11,14-24H2,1-4H3/b13-12-. The number of rotatable bonds is 22. The molecule has 0 aromatic heterocycles. The number of nitrogens with one attached hydrogen (secondary N) is 1. The molecule has 2 heteroatoms. The van der Waals surface area contributed by atoms with Crippen molar-refractivity contribution in [1.29, 1.82) is 0 Å². The predicted molar refractivity (Wildman–Crippen MR) is 127 cm³/mol. The maximum atomic E-state index is 5.82. The molecule has 0 aromatic rings. The lowest BCUT2D eigenvalue weighted by atomic mass is 10.1. The summed E-state index contributed by atoms with van der Waals surface area (Å²) in [4.78, 5) is 0. The molecule has 1 unspecified atom stereocenters. The van der Waals surface area contributed by atoms with Gasteiger partial charge in [-0.2, -0.15) is 0 Å². The first-order valence-electron chi connectivity index (χ1n) is 12.6. The van der Waals surface area contributed by atoms with Gasteiger partial charge in [-0.25, -0.2) is 0 Å². The zero-order valence-corrected chi connectivity index (χ0v) is 19.9. The molecule has 0 aliphatic carbocycles. The lowest BCUT2D eigenvalue weighted by Crippen LogP contribution is -2.28. The van der Waals surface area contributed by atoms with Gasteiger partial charge in [0.15, 0.2) is 0 Å². The van der Waals surface area contributed by atoms with Crippen molar-refractivity contribution in [1.82, 2.24) is 5.32 Å². The van der Waals surface area contributed by atoms with E-state index in [0.29, 0.717) is 6.10 Å². The van der Waals surface area contributed by atoms with Crippen LogP contribution in [0.2, 0.25) is 0 Å². The normalized spacial score (nSPS) is 13.0. The molecule has 0 fully saturated rings. The molecule has 2 nitrogen and oxygen atoms in total. The SMILES string of the molecule is CCCCCCCC/C=C\CCCCCCCCNCC(C)OCCC(C)C. The zero-order chi connectivity index (χ0) is 20.7. The van der Waals surface area contributed by atoms with Crippen LogP contribution in [-0.2, 0) is 4.74 Å². The van der Waals surface area contributed by atoms with E-state index < -0.39 is 0 Å². The van der Waals surface area contributed by atoms with Gasteiger partial charge in [0.05, 0.1) is 6.10 Å². The topological polar surface area (TPSA) is 21.3 Å². The van der Waals surface area contributed by atoms with Gasteiger partial charge >= 0.3 is 0 Å². The van der Waals surface area contributed by atoms with E-state index in [9.17, 15) is 0 Å². The second-order valence-electron chi connectivity index (χ2n) is 9.01. The molecule has 0 heterocycles. The monoisotopic (exact) mass is 395 g/mol. The Balaban J connectivity index is 3.16. The van der Waals surface area contributed by atoms with Gasteiger partial charge in [0.2, 0.25) is 0 Å². The first-order chi connectivity index (χ1) is 13.7. The molecular weight excluding hydrogens is 342 g/mol. The lowest BCUT2D eigenvalue weighted by Gasteiger charge is -2.14. The van der Waals surface area contributed by atoms with Crippen molar-refractivity contribution in [3.63, 3.8) is 0 Å². The van der Waals surface area contributed by atoms with Crippen LogP contribution < -0.4 is 5.32 Å². The first-order valence-corrected chi connectivity index (χ1v) is 12.6. The van der Waals surface area contributed by atoms with Crippen molar-refractivity contribution in [3.8, 4) is 0 Å². The number of unbranched alkanes of at least 4 members (excludes halogenated alkanes) is 12. The molecule has 1 N–H and O–H groups in total. The zero-order valence-electron chi connectivity index (χ0n) is 19.9. The summed E-state index contributed by atoms with van der Waals surface area (Å²) >= 11 is 0. The van der Waals surface area contributed by atoms with Gasteiger partial charge < -0.3 is 10.1 Å². The van der Waals surface area contributed by atoms with Gasteiger partial charge in [-0.1, -0.05) is 90.7 Å². The quantitative estimate of drug-likeness (QED) is 0.148.